The Kier molecular flexibility index (Phi) is 4.81. The van der Waals surface area contributed by atoms with E-state index in [1.165, 1.54) is 11.3 Å². The van der Waals surface area contributed by atoms with Gasteiger partial charge in [-0.15, -0.1) is 11.3 Å². The van der Waals surface area contributed by atoms with Gasteiger partial charge >= 0.3 is 0 Å². The Bertz CT molecular complexity index is 605. The van der Waals surface area contributed by atoms with E-state index in [4.69, 9.17) is 4.74 Å². The summed E-state index contributed by atoms with van der Waals surface area (Å²) in [5.41, 5.74) is 0.633. The van der Waals surface area contributed by atoms with E-state index in [2.05, 4.69) is 31.9 Å². The molecule has 19 heavy (non-hydrogen) atoms. The molecule has 0 aliphatic heterocycles. The summed E-state index contributed by atoms with van der Waals surface area (Å²) in [6.07, 6.45) is 0.0907. The second kappa shape index (κ2) is 6.20. The molecule has 1 aromatic heterocycles. The van der Waals surface area contributed by atoms with Gasteiger partial charge in [-0.25, -0.2) is 0 Å². The SMILES string of the molecule is CC(C)Oc1cccc(C(=O)c2scc(Br)c2Br)c1. The fourth-order valence-electron chi connectivity index (χ4n) is 1.59. The number of thiophene rings is 1. The van der Waals surface area contributed by atoms with Crippen LogP contribution in [0.5, 0.6) is 5.75 Å². The van der Waals surface area contributed by atoms with Crippen molar-refractivity contribution in [1.82, 2.24) is 0 Å². The van der Waals surface area contributed by atoms with Gasteiger partial charge in [0.1, 0.15) is 5.75 Å². The first-order chi connectivity index (χ1) is 8.99. The number of ether oxygens (including phenoxy) is 1. The summed E-state index contributed by atoms with van der Waals surface area (Å²) in [5.74, 6) is 0.712. The van der Waals surface area contributed by atoms with E-state index in [1.807, 2.05) is 31.4 Å². The third kappa shape index (κ3) is 3.46. The minimum absolute atomic E-state index is 0.00298. The van der Waals surface area contributed by atoms with Crippen LogP contribution in [-0.4, -0.2) is 11.9 Å². The molecule has 0 fully saturated rings. The zero-order valence-corrected chi connectivity index (χ0v) is 14.4. The number of hydrogen-bond acceptors (Lipinski definition) is 3. The van der Waals surface area contributed by atoms with Crippen LogP contribution in [0.4, 0.5) is 0 Å². The highest BCUT2D eigenvalue weighted by atomic mass is 79.9. The summed E-state index contributed by atoms with van der Waals surface area (Å²) in [4.78, 5) is 13.1. The average Bonchev–Trinajstić information content (AvgIpc) is 2.69. The zero-order chi connectivity index (χ0) is 14.0. The Morgan fingerprint density at radius 1 is 1.32 bits per heavy atom. The van der Waals surface area contributed by atoms with Crippen LogP contribution >= 0.6 is 43.2 Å². The first-order valence-corrected chi connectivity index (χ1v) is 8.19. The summed E-state index contributed by atoms with van der Waals surface area (Å²) >= 11 is 8.22. The van der Waals surface area contributed by atoms with Crippen LogP contribution in [0.25, 0.3) is 0 Å². The highest BCUT2D eigenvalue weighted by Crippen LogP contribution is 2.34. The molecule has 0 radical (unpaired) electrons. The zero-order valence-electron chi connectivity index (χ0n) is 10.4. The minimum Gasteiger partial charge on any atom is -0.491 e. The van der Waals surface area contributed by atoms with Gasteiger partial charge in [-0.3, -0.25) is 4.79 Å². The van der Waals surface area contributed by atoms with E-state index in [1.54, 1.807) is 12.1 Å². The maximum atomic E-state index is 12.4. The first kappa shape index (κ1) is 14.8. The third-order valence-electron chi connectivity index (χ3n) is 2.36. The first-order valence-electron chi connectivity index (χ1n) is 5.73. The van der Waals surface area contributed by atoms with E-state index in [-0.39, 0.29) is 11.9 Å². The lowest BCUT2D eigenvalue weighted by Gasteiger charge is -2.10. The van der Waals surface area contributed by atoms with Gasteiger partial charge in [0.25, 0.3) is 0 Å². The Hall–Kier alpha value is -0.650. The van der Waals surface area contributed by atoms with Crippen LogP contribution in [0, 0.1) is 0 Å². The van der Waals surface area contributed by atoms with Crippen LogP contribution in [0.15, 0.2) is 38.6 Å². The Labute approximate surface area is 133 Å². The molecule has 1 heterocycles. The van der Waals surface area contributed by atoms with Gasteiger partial charge in [-0.2, -0.15) is 0 Å². The highest BCUT2D eigenvalue weighted by molar-refractivity contribution is 9.13. The number of carbonyl (C=O) groups excluding carboxylic acids is 1. The molecule has 0 N–H and O–H groups in total. The van der Waals surface area contributed by atoms with Gasteiger partial charge in [-0.1, -0.05) is 12.1 Å². The number of ketones is 1. The van der Waals surface area contributed by atoms with E-state index < -0.39 is 0 Å². The van der Waals surface area contributed by atoms with E-state index in [0.717, 1.165) is 8.95 Å². The van der Waals surface area contributed by atoms with Crippen LogP contribution < -0.4 is 4.74 Å². The Balaban J connectivity index is 2.31. The van der Waals surface area contributed by atoms with Crippen molar-refractivity contribution in [2.75, 3.05) is 0 Å². The molecule has 0 atom stereocenters. The second-order valence-corrected chi connectivity index (χ2v) is 6.78. The topological polar surface area (TPSA) is 26.3 Å². The highest BCUT2D eigenvalue weighted by Gasteiger charge is 2.17. The lowest BCUT2D eigenvalue weighted by molar-refractivity contribution is 0.104. The predicted molar refractivity (Wildman–Crippen MR) is 85.4 cm³/mol. The molecule has 2 rings (SSSR count). The fourth-order valence-corrected chi connectivity index (χ4v) is 3.70. The smallest absolute Gasteiger partial charge is 0.204 e. The largest absolute Gasteiger partial charge is 0.491 e. The Morgan fingerprint density at radius 3 is 2.63 bits per heavy atom. The average molecular weight is 404 g/mol. The van der Waals surface area contributed by atoms with Crippen LogP contribution in [-0.2, 0) is 0 Å². The quantitative estimate of drug-likeness (QED) is 0.648. The van der Waals surface area contributed by atoms with Crippen molar-refractivity contribution in [3.05, 3.63) is 49.0 Å². The van der Waals surface area contributed by atoms with Gasteiger partial charge < -0.3 is 4.74 Å². The van der Waals surface area contributed by atoms with Gasteiger partial charge in [-0.05, 0) is 57.8 Å². The van der Waals surface area contributed by atoms with Crippen molar-refractivity contribution in [3.63, 3.8) is 0 Å². The molecular weight excluding hydrogens is 392 g/mol. The van der Waals surface area contributed by atoms with Crippen molar-refractivity contribution in [2.45, 2.75) is 20.0 Å². The fraction of sp³-hybridized carbons (Fsp3) is 0.214. The standard InChI is InChI=1S/C14H12Br2O2S/c1-8(2)18-10-5-3-4-9(6-10)13(17)14-12(16)11(15)7-19-14/h3-8H,1-2H3. The third-order valence-corrected chi connectivity index (χ3v) is 5.89. The summed E-state index contributed by atoms with van der Waals surface area (Å²) in [6, 6.07) is 7.27. The maximum absolute atomic E-state index is 12.4. The van der Waals surface area contributed by atoms with Crippen LogP contribution in [0.3, 0.4) is 0 Å². The lowest BCUT2D eigenvalue weighted by Crippen LogP contribution is -2.06. The summed E-state index contributed by atoms with van der Waals surface area (Å²) in [7, 11) is 0. The molecule has 2 nitrogen and oxygen atoms in total. The van der Waals surface area contributed by atoms with Crippen LogP contribution in [0.1, 0.15) is 29.1 Å². The molecule has 0 bridgehead atoms. The summed E-state index contributed by atoms with van der Waals surface area (Å²) in [5, 5.41) is 1.89. The number of benzene rings is 1. The van der Waals surface area contributed by atoms with E-state index in [0.29, 0.717) is 16.2 Å². The maximum Gasteiger partial charge on any atom is 0.204 e. The number of halogens is 2. The van der Waals surface area contributed by atoms with Gasteiger partial charge in [0.2, 0.25) is 5.78 Å². The molecule has 0 aliphatic rings. The van der Waals surface area contributed by atoms with Crippen molar-refractivity contribution in [2.24, 2.45) is 0 Å². The summed E-state index contributed by atoms with van der Waals surface area (Å²) < 4.78 is 7.31. The number of hydrogen-bond donors (Lipinski definition) is 0. The van der Waals surface area contributed by atoms with E-state index >= 15 is 0 Å². The van der Waals surface area contributed by atoms with Crippen LogP contribution in [0.2, 0.25) is 0 Å². The second-order valence-electron chi connectivity index (χ2n) is 4.25. The van der Waals surface area contributed by atoms with Gasteiger partial charge in [0, 0.05) is 15.4 Å². The van der Waals surface area contributed by atoms with Crippen molar-refractivity contribution < 1.29 is 9.53 Å². The molecule has 0 aliphatic carbocycles. The molecular formula is C14H12Br2O2S. The van der Waals surface area contributed by atoms with Crippen molar-refractivity contribution in [3.8, 4) is 5.75 Å². The molecule has 0 saturated heterocycles. The molecule has 0 spiro atoms. The predicted octanol–water partition coefficient (Wildman–Crippen LogP) is 5.29. The lowest BCUT2D eigenvalue weighted by atomic mass is 10.1. The van der Waals surface area contributed by atoms with Crippen molar-refractivity contribution in [1.29, 1.82) is 0 Å². The molecule has 0 unspecified atom stereocenters. The molecule has 100 valence electrons. The molecule has 2 aromatic rings. The molecule has 0 amide bonds. The molecule has 5 heteroatoms. The molecule has 1 aromatic carbocycles. The monoisotopic (exact) mass is 402 g/mol. The Morgan fingerprint density at radius 2 is 2.05 bits per heavy atom. The number of rotatable bonds is 4. The molecule has 0 saturated carbocycles. The van der Waals surface area contributed by atoms with Gasteiger partial charge in [0.15, 0.2) is 0 Å². The normalized spacial score (nSPS) is 10.8. The number of carbonyl (C=O) groups is 1. The van der Waals surface area contributed by atoms with Gasteiger partial charge in [0.05, 0.1) is 15.5 Å². The minimum atomic E-state index is -0.00298. The summed E-state index contributed by atoms with van der Waals surface area (Å²) in [6.45, 7) is 3.92. The van der Waals surface area contributed by atoms with Crippen molar-refractivity contribution >= 4 is 49.0 Å². The van der Waals surface area contributed by atoms with E-state index in [9.17, 15) is 4.79 Å².